The van der Waals surface area contributed by atoms with Crippen LogP contribution in [0.5, 0.6) is 0 Å². The minimum Gasteiger partial charge on any atom is -0.373 e. The second kappa shape index (κ2) is 6.52. The lowest BCUT2D eigenvalue weighted by Crippen LogP contribution is -2.20. The van der Waals surface area contributed by atoms with Crippen molar-refractivity contribution >= 4 is 11.6 Å². The maximum atomic E-state index is 10.2. The molecule has 0 aliphatic carbocycles. The van der Waals surface area contributed by atoms with Crippen LogP contribution < -0.4 is 10.6 Å². The number of imidazole rings is 1. The molecule has 7 heteroatoms. The fourth-order valence-electron chi connectivity index (χ4n) is 3.03. The van der Waals surface area contributed by atoms with Crippen LogP contribution in [0.3, 0.4) is 0 Å². The number of aliphatic hydroxyl groups is 1. The lowest BCUT2D eigenvalue weighted by molar-refractivity contribution is 0.205. The van der Waals surface area contributed by atoms with Crippen molar-refractivity contribution in [2.75, 3.05) is 17.2 Å². The smallest absolute Gasteiger partial charge is 0.223 e. The number of aromatic nitrogens is 4. The van der Waals surface area contributed by atoms with Gasteiger partial charge >= 0.3 is 0 Å². The summed E-state index contributed by atoms with van der Waals surface area (Å²) in [6.45, 7) is 2.74. The summed E-state index contributed by atoms with van der Waals surface area (Å²) in [6, 6.07) is 6.12. The van der Waals surface area contributed by atoms with Crippen LogP contribution in [0.15, 0.2) is 36.9 Å². The SMILES string of the molecule is Cc1ccc2c(c1)NC(O)Cc1cnc(NCCc3cnc[nH]3)nc1-2. The number of hydrogen-bond acceptors (Lipinski definition) is 6. The predicted molar refractivity (Wildman–Crippen MR) is 96.3 cm³/mol. The monoisotopic (exact) mass is 336 g/mol. The van der Waals surface area contributed by atoms with E-state index in [1.54, 1.807) is 12.5 Å². The number of aliphatic hydroxyl groups excluding tert-OH is 1. The number of H-pyrrole nitrogens is 1. The van der Waals surface area contributed by atoms with Gasteiger partial charge in [0.05, 0.1) is 12.0 Å². The molecule has 25 heavy (non-hydrogen) atoms. The number of aromatic amines is 1. The topological polar surface area (TPSA) is 98.7 Å². The second-order valence-electron chi connectivity index (χ2n) is 6.23. The van der Waals surface area contributed by atoms with Gasteiger partial charge in [0, 0.05) is 54.3 Å². The average molecular weight is 336 g/mol. The summed E-state index contributed by atoms with van der Waals surface area (Å²) in [5, 5.41) is 16.6. The summed E-state index contributed by atoms with van der Waals surface area (Å²) in [5.41, 5.74) is 5.87. The maximum absolute atomic E-state index is 10.2. The van der Waals surface area contributed by atoms with Gasteiger partial charge in [-0.3, -0.25) is 0 Å². The van der Waals surface area contributed by atoms with E-state index in [0.717, 1.165) is 40.2 Å². The van der Waals surface area contributed by atoms with Gasteiger partial charge in [0.2, 0.25) is 5.95 Å². The fourth-order valence-corrected chi connectivity index (χ4v) is 3.03. The second-order valence-corrected chi connectivity index (χ2v) is 6.23. The van der Waals surface area contributed by atoms with Crippen LogP contribution in [-0.4, -0.2) is 37.8 Å². The Morgan fingerprint density at radius 1 is 1.32 bits per heavy atom. The lowest BCUT2D eigenvalue weighted by atomic mass is 10.0. The normalized spacial score (nSPS) is 15.7. The Balaban J connectivity index is 1.61. The van der Waals surface area contributed by atoms with Crippen LogP contribution in [0.4, 0.5) is 11.6 Å². The van der Waals surface area contributed by atoms with Crippen LogP contribution in [0, 0.1) is 6.92 Å². The van der Waals surface area contributed by atoms with E-state index >= 15 is 0 Å². The van der Waals surface area contributed by atoms with Crippen molar-refractivity contribution < 1.29 is 5.11 Å². The molecule has 0 saturated carbocycles. The molecule has 3 aromatic rings. The first kappa shape index (κ1) is 15.6. The van der Waals surface area contributed by atoms with Gasteiger partial charge in [-0.25, -0.2) is 15.0 Å². The number of nitrogens with zero attached hydrogens (tertiary/aromatic N) is 3. The molecule has 128 valence electrons. The molecule has 0 spiro atoms. The minimum atomic E-state index is -0.649. The number of fused-ring (bicyclic) bond motifs is 3. The van der Waals surface area contributed by atoms with Gasteiger partial charge in [0.1, 0.15) is 6.23 Å². The van der Waals surface area contributed by atoms with Gasteiger partial charge in [-0.05, 0) is 18.6 Å². The van der Waals surface area contributed by atoms with E-state index in [1.165, 1.54) is 0 Å². The van der Waals surface area contributed by atoms with Crippen molar-refractivity contribution in [1.29, 1.82) is 0 Å². The zero-order valence-corrected chi connectivity index (χ0v) is 14.0. The molecule has 0 fully saturated rings. The number of hydrogen-bond donors (Lipinski definition) is 4. The van der Waals surface area contributed by atoms with E-state index in [1.807, 2.05) is 25.3 Å². The summed E-state index contributed by atoms with van der Waals surface area (Å²) in [5.74, 6) is 0.584. The first-order valence-electron chi connectivity index (χ1n) is 8.32. The number of anilines is 2. The van der Waals surface area contributed by atoms with Crippen molar-refractivity contribution in [3.8, 4) is 11.3 Å². The van der Waals surface area contributed by atoms with Gasteiger partial charge in [0.15, 0.2) is 0 Å². The van der Waals surface area contributed by atoms with E-state index in [9.17, 15) is 5.11 Å². The molecule has 0 bridgehead atoms. The Morgan fingerprint density at radius 2 is 2.24 bits per heavy atom. The van der Waals surface area contributed by atoms with Gasteiger partial charge in [-0.2, -0.15) is 0 Å². The van der Waals surface area contributed by atoms with E-state index in [-0.39, 0.29) is 0 Å². The maximum Gasteiger partial charge on any atom is 0.223 e. The molecule has 7 nitrogen and oxygen atoms in total. The van der Waals surface area contributed by atoms with Gasteiger partial charge in [0.25, 0.3) is 0 Å². The molecular weight excluding hydrogens is 316 g/mol. The molecule has 4 N–H and O–H groups in total. The van der Waals surface area contributed by atoms with Gasteiger partial charge < -0.3 is 20.7 Å². The number of benzene rings is 1. The molecule has 0 amide bonds. The molecule has 1 atom stereocenters. The van der Waals surface area contributed by atoms with Crippen molar-refractivity contribution in [3.63, 3.8) is 0 Å². The quantitative estimate of drug-likeness (QED) is 0.582. The Hall–Kier alpha value is -2.93. The summed E-state index contributed by atoms with van der Waals surface area (Å²) in [6.07, 6.45) is 5.91. The van der Waals surface area contributed by atoms with Crippen LogP contribution >= 0.6 is 0 Å². The Morgan fingerprint density at radius 3 is 3.08 bits per heavy atom. The van der Waals surface area contributed by atoms with Crippen LogP contribution in [-0.2, 0) is 12.8 Å². The van der Waals surface area contributed by atoms with Crippen molar-refractivity contribution in [1.82, 2.24) is 19.9 Å². The highest BCUT2D eigenvalue weighted by molar-refractivity contribution is 5.79. The molecule has 4 rings (SSSR count). The summed E-state index contributed by atoms with van der Waals surface area (Å²) in [4.78, 5) is 16.2. The van der Waals surface area contributed by atoms with Crippen LogP contribution in [0.1, 0.15) is 16.8 Å². The molecule has 1 aromatic carbocycles. The largest absolute Gasteiger partial charge is 0.373 e. The van der Waals surface area contributed by atoms with Crippen molar-refractivity contribution in [3.05, 3.63) is 53.7 Å². The summed E-state index contributed by atoms with van der Waals surface area (Å²) >= 11 is 0. The average Bonchev–Trinajstić information content (AvgIpc) is 3.05. The predicted octanol–water partition coefficient (Wildman–Crippen LogP) is 2.12. The third-order valence-corrected chi connectivity index (χ3v) is 4.26. The highest BCUT2D eigenvalue weighted by atomic mass is 16.3. The zero-order chi connectivity index (χ0) is 17.2. The van der Waals surface area contributed by atoms with E-state index in [0.29, 0.717) is 18.9 Å². The molecule has 1 aliphatic rings. The fraction of sp³-hybridized carbons (Fsp3) is 0.278. The molecule has 2 aromatic heterocycles. The molecule has 1 aliphatic heterocycles. The lowest BCUT2D eigenvalue weighted by Gasteiger charge is -2.12. The summed E-state index contributed by atoms with van der Waals surface area (Å²) in [7, 11) is 0. The first-order valence-corrected chi connectivity index (χ1v) is 8.32. The standard InChI is InChI=1S/C18H20N6O/c1-11-2-3-14-15(6-11)23-16(25)7-12-8-21-18(24-17(12)14)20-5-4-13-9-19-10-22-13/h2-3,6,8-10,16,23,25H,4-5,7H2,1H3,(H,19,22)(H,20,21,24). The van der Waals surface area contributed by atoms with E-state index in [2.05, 4.69) is 31.7 Å². The van der Waals surface area contributed by atoms with Crippen LogP contribution in [0.25, 0.3) is 11.3 Å². The van der Waals surface area contributed by atoms with Crippen LogP contribution in [0.2, 0.25) is 0 Å². The number of rotatable bonds is 4. The summed E-state index contributed by atoms with van der Waals surface area (Å²) < 4.78 is 0. The molecule has 0 saturated heterocycles. The minimum absolute atomic E-state index is 0.470. The third kappa shape index (κ3) is 3.32. The third-order valence-electron chi connectivity index (χ3n) is 4.26. The highest BCUT2D eigenvalue weighted by Gasteiger charge is 2.21. The van der Waals surface area contributed by atoms with E-state index < -0.39 is 6.23 Å². The molecular formula is C18H20N6O. The molecule has 1 unspecified atom stereocenters. The highest BCUT2D eigenvalue weighted by Crippen LogP contribution is 2.34. The van der Waals surface area contributed by atoms with Crippen molar-refractivity contribution in [2.45, 2.75) is 26.0 Å². The number of nitrogens with one attached hydrogen (secondary N) is 3. The zero-order valence-electron chi connectivity index (χ0n) is 14.0. The van der Waals surface area contributed by atoms with Crippen molar-refractivity contribution in [2.24, 2.45) is 0 Å². The Bertz CT molecular complexity index is 877. The van der Waals surface area contributed by atoms with E-state index in [4.69, 9.17) is 4.98 Å². The molecule has 0 radical (unpaired) electrons. The molecule has 3 heterocycles. The first-order chi connectivity index (χ1) is 12.2. The Labute approximate surface area is 145 Å². The Kier molecular flexibility index (Phi) is 4.07. The van der Waals surface area contributed by atoms with Gasteiger partial charge in [-0.1, -0.05) is 12.1 Å². The van der Waals surface area contributed by atoms with Gasteiger partial charge in [-0.15, -0.1) is 0 Å². The number of aryl methyl sites for hydroxylation is 1.